The van der Waals surface area contributed by atoms with Crippen LogP contribution in [0.15, 0.2) is 59.6 Å². The third kappa shape index (κ3) is 4.44. The lowest BCUT2D eigenvalue weighted by Crippen LogP contribution is -2.26. The van der Waals surface area contributed by atoms with E-state index in [0.29, 0.717) is 24.3 Å². The second kappa shape index (κ2) is 8.32. The Morgan fingerprint density at radius 3 is 2.71 bits per heavy atom. The summed E-state index contributed by atoms with van der Waals surface area (Å²) in [6.07, 6.45) is 2.14. The third-order valence-corrected chi connectivity index (χ3v) is 5.75. The van der Waals surface area contributed by atoms with E-state index in [-0.39, 0.29) is 17.1 Å². The Morgan fingerprint density at radius 2 is 1.96 bits per heavy atom. The van der Waals surface area contributed by atoms with Gasteiger partial charge in [-0.05, 0) is 37.1 Å². The second-order valence-electron chi connectivity index (χ2n) is 6.14. The third-order valence-electron chi connectivity index (χ3n) is 4.13. The molecule has 8 nitrogen and oxygen atoms in total. The number of hydrogen-bond acceptors (Lipinski definition) is 6. The topological polar surface area (TPSA) is 111 Å². The number of aromatic nitrogens is 1. The van der Waals surface area contributed by atoms with Crippen molar-refractivity contribution in [3.05, 3.63) is 70.4 Å². The van der Waals surface area contributed by atoms with Gasteiger partial charge in [0.25, 0.3) is 5.69 Å². The van der Waals surface area contributed by atoms with Crippen molar-refractivity contribution < 1.29 is 18.1 Å². The number of non-ortho nitro benzene ring substituents is 1. The Balaban J connectivity index is 1.56. The van der Waals surface area contributed by atoms with Crippen molar-refractivity contribution in [2.75, 3.05) is 13.2 Å². The predicted octanol–water partition coefficient (Wildman–Crippen LogP) is 3.20. The summed E-state index contributed by atoms with van der Waals surface area (Å²) in [6.45, 7) is 2.02. The summed E-state index contributed by atoms with van der Waals surface area (Å²) >= 11 is 0. The van der Waals surface area contributed by atoms with Crippen molar-refractivity contribution in [1.29, 1.82) is 0 Å². The Bertz CT molecular complexity index is 1110. The van der Waals surface area contributed by atoms with E-state index in [1.807, 2.05) is 30.3 Å². The summed E-state index contributed by atoms with van der Waals surface area (Å²) in [6, 6.07) is 13.1. The van der Waals surface area contributed by atoms with Gasteiger partial charge in [0.05, 0.1) is 16.4 Å². The molecule has 0 aliphatic carbocycles. The first kappa shape index (κ1) is 19.7. The molecule has 0 aliphatic heterocycles. The molecule has 1 aromatic heterocycles. The molecule has 9 heteroatoms. The number of ether oxygens (including phenoxy) is 1. The van der Waals surface area contributed by atoms with Crippen molar-refractivity contribution in [3.8, 4) is 5.75 Å². The average molecular weight is 401 g/mol. The minimum absolute atomic E-state index is 0.0253. The van der Waals surface area contributed by atoms with Crippen LogP contribution in [0.2, 0.25) is 0 Å². The van der Waals surface area contributed by atoms with E-state index >= 15 is 0 Å². The molecule has 28 heavy (non-hydrogen) atoms. The van der Waals surface area contributed by atoms with E-state index < -0.39 is 14.9 Å². The number of hydrogen-bond donors (Lipinski definition) is 1. The first-order valence-corrected chi connectivity index (χ1v) is 10.1. The van der Waals surface area contributed by atoms with Crippen molar-refractivity contribution in [2.45, 2.75) is 18.2 Å². The highest BCUT2D eigenvalue weighted by atomic mass is 32.2. The van der Waals surface area contributed by atoms with Gasteiger partial charge in [0.2, 0.25) is 10.0 Å². The smallest absolute Gasteiger partial charge is 0.269 e. The van der Waals surface area contributed by atoms with Gasteiger partial charge < -0.3 is 4.74 Å². The van der Waals surface area contributed by atoms with Gasteiger partial charge >= 0.3 is 0 Å². The van der Waals surface area contributed by atoms with Gasteiger partial charge in [0.15, 0.2) is 0 Å². The van der Waals surface area contributed by atoms with Crippen LogP contribution in [-0.2, 0) is 10.0 Å². The first-order chi connectivity index (χ1) is 13.4. The van der Waals surface area contributed by atoms with Crippen LogP contribution in [0.1, 0.15) is 12.0 Å². The maximum atomic E-state index is 12.4. The number of aryl methyl sites for hydroxylation is 1. The molecule has 0 saturated heterocycles. The maximum Gasteiger partial charge on any atom is 0.269 e. The van der Waals surface area contributed by atoms with Gasteiger partial charge in [-0.3, -0.25) is 15.1 Å². The highest BCUT2D eigenvalue weighted by molar-refractivity contribution is 7.89. The van der Waals surface area contributed by atoms with Crippen molar-refractivity contribution in [3.63, 3.8) is 0 Å². The van der Waals surface area contributed by atoms with Crippen LogP contribution in [0, 0.1) is 17.0 Å². The maximum absolute atomic E-state index is 12.4. The molecule has 146 valence electrons. The van der Waals surface area contributed by atoms with E-state index in [1.54, 1.807) is 6.20 Å². The lowest BCUT2D eigenvalue weighted by Gasteiger charge is -2.11. The predicted molar refractivity (Wildman–Crippen MR) is 105 cm³/mol. The van der Waals surface area contributed by atoms with Crippen LogP contribution in [0.4, 0.5) is 5.69 Å². The fourth-order valence-corrected chi connectivity index (χ4v) is 4.08. The van der Waals surface area contributed by atoms with Crippen LogP contribution in [-0.4, -0.2) is 31.5 Å². The molecule has 3 rings (SSSR count). The van der Waals surface area contributed by atoms with Gasteiger partial charge in [0, 0.05) is 30.3 Å². The molecule has 0 amide bonds. The molecule has 0 unspecified atom stereocenters. The van der Waals surface area contributed by atoms with Crippen LogP contribution < -0.4 is 9.46 Å². The summed E-state index contributed by atoms with van der Waals surface area (Å²) in [5, 5.41) is 11.7. The minimum atomic E-state index is -3.75. The number of fused-ring (bicyclic) bond motifs is 1. The lowest BCUT2D eigenvalue weighted by atomic mass is 10.2. The van der Waals surface area contributed by atoms with Gasteiger partial charge in [-0.25, -0.2) is 13.1 Å². The van der Waals surface area contributed by atoms with E-state index in [2.05, 4.69) is 9.71 Å². The molecule has 1 N–H and O–H groups in total. The zero-order chi connectivity index (χ0) is 20.1. The first-order valence-electron chi connectivity index (χ1n) is 8.60. The summed E-state index contributed by atoms with van der Waals surface area (Å²) < 4.78 is 33.0. The summed E-state index contributed by atoms with van der Waals surface area (Å²) in [5.41, 5.74) is 0.931. The van der Waals surface area contributed by atoms with Gasteiger partial charge in [0.1, 0.15) is 11.3 Å². The number of nitrogens with one attached hydrogen (secondary N) is 1. The normalized spacial score (nSPS) is 11.5. The molecule has 0 saturated carbocycles. The fraction of sp³-hybridized carbons (Fsp3) is 0.211. The Morgan fingerprint density at radius 1 is 1.18 bits per heavy atom. The molecule has 0 bridgehead atoms. The molecule has 0 fully saturated rings. The number of nitrogens with zero attached hydrogens (tertiary/aromatic N) is 2. The van der Waals surface area contributed by atoms with Crippen molar-refractivity contribution in [1.82, 2.24) is 9.71 Å². The Kier molecular flexibility index (Phi) is 5.86. The number of rotatable bonds is 8. The highest BCUT2D eigenvalue weighted by Gasteiger charge is 2.18. The Hall–Kier alpha value is -3.04. The minimum Gasteiger partial charge on any atom is -0.491 e. The SMILES string of the molecule is Cc1cc([N+](=O)[O-])ccc1S(=O)(=O)NCCCOc1cccc2cccnc12. The fourth-order valence-electron chi connectivity index (χ4n) is 2.78. The second-order valence-corrected chi connectivity index (χ2v) is 7.87. The zero-order valence-corrected chi connectivity index (χ0v) is 16.0. The summed E-state index contributed by atoms with van der Waals surface area (Å²) in [7, 11) is -3.75. The number of benzene rings is 2. The lowest BCUT2D eigenvalue weighted by molar-refractivity contribution is -0.385. The quantitative estimate of drug-likeness (QED) is 0.352. The number of nitro benzene ring substituents is 1. The monoisotopic (exact) mass is 401 g/mol. The van der Waals surface area contributed by atoms with Gasteiger partial charge in [-0.1, -0.05) is 18.2 Å². The average Bonchev–Trinajstić information content (AvgIpc) is 2.67. The van der Waals surface area contributed by atoms with E-state index in [4.69, 9.17) is 4.74 Å². The van der Waals surface area contributed by atoms with E-state index in [1.165, 1.54) is 25.1 Å². The van der Waals surface area contributed by atoms with Crippen molar-refractivity contribution >= 4 is 26.6 Å². The molecule has 0 aliphatic rings. The van der Waals surface area contributed by atoms with Gasteiger partial charge in [-0.15, -0.1) is 0 Å². The summed E-state index contributed by atoms with van der Waals surface area (Å²) in [5.74, 6) is 0.646. The van der Waals surface area contributed by atoms with Crippen LogP contribution >= 0.6 is 0 Å². The molecule has 0 radical (unpaired) electrons. The van der Waals surface area contributed by atoms with Crippen molar-refractivity contribution in [2.24, 2.45) is 0 Å². The standard InChI is InChI=1S/C19H19N3O5S/c1-14-13-16(22(23)24)8-9-18(14)28(25,26)21-11-4-12-27-17-7-2-5-15-6-3-10-20-19(15)17/h2-3,5-10,13,21H,4,11-12H2,1H3. The van der Waals surface area contributed by atoms with Gasteiger partial charge in [-0.2, -0.15) is 0 Å². The van der Waals surface area contributed by atoms with Crippen LogP contribution in [0.25, 0.3) is 10.9 Å². The number of para-hydroxylation sites is 1. The molecule has 0 spiro atoms. The van der Waals surface area contributed by atoms with Crippen LogP contribution in [0.5, 0.6) is 5.75 Å². The van der Waals surface area contributed by atoms with Crippen LogP contribution in [0.3, 0.4) is 0 Å². The molecular weight excluding hydrogens is 382 g/mol. The molecular formula is C19H19N3O5S. The highest BCUT2D eigenvalue weighted by Crippen LogP contribution is 2.23. The van der Waals surface area contributed by atoms with E-state index in [0.717, 1.165) is 10.9 Å². The number of pyridine rings is 1. The van der Waals surface area contributed by atoms with E-state index in [9.17, 15) is 18.5 Å². The Labute approximate surface area is 162 Å². The summed E-state index contributed by atoms with van der Waals surface area (Å²) in [4.78, 5) is 14.5. The molecule has 0 atom stereocenters. The molecule has 1 heterocycles. The molecule has 2 aromatic carbocycles. The number of nitro groups is 1. The largest absolute Gasteiger partial charge is 0.491 e. The number of sulfonamides is 1. The zero-order valence-electron chi connectivity index (χ0n) is 15.2. The molecule has 3 aromatic rings.